The Labute approximate surface area is 135 Å². The van der Waals surface area contributed by atoms with Crippen LogP contribution < -0.4 is 0 Å². The molecule has 1 unspecified atom stereocenters. The van der Waals surface area contributed by atoms with Gasteiger partial charge in [0.25, 0.3) is 0 Å². The third kappa shape index (κ3) is 8.11. The minimum atomic E-state index is -0.298. The van der Waals surface area contributed by atoms with Gasteiger partial charge in [-0.2, -0.15) is 0 Å². The van der Waals surface area contributed by atoms with E-state index in [0.29, 0.717) is 0 Å². The quantitative estimate of drug-likeness (QED) is 0.311. The van der Waals surface area contributed by atoms with E-state index in [0.717, 1.165) is 32.5 Å². The Kier molecular flexibility index (Phi) is 9.44. The molecule has 1 rings (SSSR count). The van der Waals surface area contributed by atoms with Crippen LogP contribution in [0.15, 0.2) is 25.1 Å². The lowest BCUT2D eigenvalue weighted by molar-refractivity contribution is -0.143. The van der Waals surface area contributed by atoms with Crippen LogP contribution in [0.25, 0.3) is 0 Å². The number of rotatable bonds is 12. The SMILES string of the molecule is C=CC(=O)OC(CC)CCCCCCCCN1C=CN(C)C1. The maximum absolute atomic E-state index is 11.2. The fourth-order valence-corrected chi connectivity index (χ4v) is 2.69. The first-order valence-electron chi connectivity index (χ1n) is 8.61. The summed E-state index contributed by atoms with van der Waals surface area (Å²) < 4.78 is 5.29. The van der Waals surface area contributed by atoms with Gasteiger partial charge in [0, 0.05) is 32.1 Å². The highest BCUT2D eigenvalue weighted by atomic mass is 16.5. The predicted octanol–water partition coefficient (Wildman–Crippen LogP) is 3.90. The van der Waals surface area contributed by atoms with E-state index in [-0.39, 0.29) is 12.1 Å². The lowest BCUT2D eigenvalue weighted by Crippen LogP contribution is -2.23. The van der Waals surface area contributed by atoms with E-state index >= 15 is 0 Å². The van der Waals surface area contributed by atoms with E-state index < -0.39 is 0 Å². The summed E-state index contributed by atoms with van der Waals surface area (Å²) in [4.78, 5) is 15.7. The first-order valence-corrected chi connectivity index (χ1v) is 8.61. The lowest BCUT2D eigenvalue weighted by atomic mass is 10.1. The molecule has 126 valence electrons. The number of esters is 1. The molecule has 0 saturated carbocycles. The molecule has 0 aromatic rings. The number of hydrogen-bond acceptors (Lipinski definition) is 4. The Morgan fingerprint density at radius 3 is 2.50 bits per heavy atom. The summed E-state index contributed by atoms with van der Waals surface area (Å²) in [7, 11) is 2.10. The summed E-state index contributed by atoms with van der Waals surface area (Å²) in [6.45, 7) is 7.69. The number of carbonyl (C=O) groups is 1. The van der Waals surface area contributed by atoms with Crippen LogP contribution in [0.5, 0.6) is 0 Å². The second-order valence-electron chi connectivity index (χ2n) is 6.09. The lowest BCUT2D eigenvalue weighted by Gasteiger charge is -2.17. The summed E-state index contributed by atoms with van der Waals surface area (Å²) in [5, 5.41) is 0. The van der Waals surface area contributed by atoms with Gasteiger partial charge in [-0.05, 0) is 25.7 Å². The third-order valence-electron chi connectivity index (χ3n) is 4.06. The molecule has 0 aromatic heterocycles. The predicted molar refractivity (Wildman–Crippen MR) is 91.2 cm³/mol. The van der Waals surface area contributed by atoms with Gasteiger partial charge in [0.2, 0.25) is 0 Å². The van der Waals surface area contributed by atoms with Gasteiger partial charge in [0.1, 0.15) is 6.10 Å². The Balaban J connectivity index is 1.91. The molecule has 0 aliphatic carbocycles. The van der Waals surface area contributed by atoms with Gasteiger partial charge >= 0.3 is 5.97 Å². The molecule has 4 heteroatoms. The van der Waals surface area contributed by atoms with Crippen molar-refractivity contribution in [3.05, 3.63) is 25.1 Å². The average Bonchev–Trinajstić information content (AvgIpc) is 2.93. The van der Waals surface area contributed by atoms with Crippen LogP contribution in [-0.2, 0) is 9.53 Å². The highest BCUT2D eigenvalue weighted by molar-refractivity contribution is 5.81. The molecule has 4 nitrogen and oxygen atoms in total. The van der Waals surface area contributed by atoms with Crippen molar-refractivity contribution in [3.8, 4) is 0 Å². The molecule has 0 radical (unpaired) electrons. The summed E-state index contributed by atoms with van der Waals surface area (Å²) >= 11 is 0. The molecule has 22 heavy (non-hydrogen) atoms. The molecule has 0 amide bonds. The Morgan fingerprint density at radius 2 is 1.91 bits per heavy atom. The second kappa shape index (κ2) is 11.2. The zero-order chi connectivity index (χ0) is 16.2. The zero-order valence-corrected chi connectivity index (χ0v) is 14.3. The highest BCUT2D eigenvalue weighted by Gasteiger charge is 2.10. The van der Waals surface area contributed by atoms with Crippen molar-refractivity contribution in [2.75, 3.05) is 20.3 Å². The van der Waals surface area contributed by atoms with Gasteiger partial charge in [0.15, 0.2) is 0 Å². The van der Waals surface area contributed by atoms with E-state index in [1.807, 2.05) is 0 Å². The molecular weight excluding hydrogens is 276 g/mol. The van der Waals surface area contributed by atoms with Crippen LogP contribution in [0.1, 0.15) is 58.3 Å². The number of ether oxygens (including phenoxy) is 1. The molecule has 1 aliphatic heterocycles. The maximum atomic E-state index is 11.2. The Hall–Kier alpha value is -1.45. The minimum Gasteiger partial charge on any atom is -0.459 e. The third-order valence-corrected chi connectivity index (χ3v) is 4.06. The first-order chi connectivity index (χ1) is 10.7. The van der Waals surface area contributed by atoms with Gasteiger partial charge in [-0.15, -0.1) is 0 Å². The molecule has 0 saturated heterocycles. The fourth-order valence-electron chi connectivity index (χ4n) is 2.69. The second-order valence-corrected chi connectivity index (χ2v) is 6.09. The molecule has 1 atom stereocenters. The van der Waals surface area contributed by atoms with Gasteiger partial charge in [-0.3, -0.25) is 0 Å². The van der Waals surface area contributed by atoms with Crippen LogP contribution in [0, 0.1) is 0 Å². The van der Waals surface area contributed by atoms with Crippen LogP contribution in [0.4, 0.5) is 0 Å². The molecule has 0 spiro atoms. The van der Waals surface area contributed by atoms with Gasteiger partial charge in [0.05, 0.1) is 6.67 Å². The standard InChI is InChI=1S/C18H32N2O2/c1-4-17(22-18(21)5-2)12-10-8-6-7-9-11-13-20-15-14-19(3)16-20/h5,14-15,17H,2,4,6-13,16H2,1,3H3. The van der Waals surface area contributed by atoms with E-state index in [1.165, 1.54) is 38.2 Å². The molecule has 0 bridgehead atoms. The van der Waals surface area contributed by atoms with Crippen LogP contribution in [-0.4, -0.2) is 42.1 Å². The maximum Gasteiger partial charge on any atom is 0.330 e. The summed E-state index contributed by atoms with van der Waals surface area (Å²) in [5.74, 6) is -0.298. The smallest absolute Gasteiger partial charge is 0.330 e. The Bertz CT molecular complexity index is 355. The molecule has 1 aliphatic rings. The van der Waals surface area contributed by atoms with E-state index in [1.54, 1.807) is 0 Å². The molecule has 1 heterocycles. The van der Waals surface area contributed by atoms with Crippen molar-refractivity contribution in [1.29, 1.82) is 0 Å². The van der Waals surface area contributed by atoms with Gasteiger partial charge in [-0.25, -0.2) is 4.79 Å². The highest BCUT2D eigenvalue weighted by Crippen LogP contribution is 2.13. The largest absolute Gasteiger partial charge is 0.459 e. The van der Waals surface area contributed by atoms with Gasteiger partial charge in [-0.1, -0.05) is 39.2 Å². The van der Waals surface area contributed by atoms with Crippen LogP contribution in [0.2, 0.25) is 0 Å². The fraction of sp³-hybridized carbons (Fsp3) is 0.722. The molecular formula is C18H32N2O2. The molecule has 0 aromatic carbocycles. The van der Waals surface area contributed by atoms with Crippen molar-refractivity contribution in [3.63, 3.8) is 0 Å². The van der Waals surface area contributed by atoms with E-state index in [4.69, 9.17) is 4.74 Å². The van der Waals surface area contributed by atoms with Crippen molar-refractivity contribution in [2.45, 2.75) is 64.4 Å². The number of unbranched alkanes of at least 4 members (excludes halogenated alkanes) is 5. The van der Waals surface area contributed by atoms with Crippen molar-refractivity contribution in [2.24, 2.45) is 0 Å². The monoisotopic (exact) mass is 308 g/mol. The Morgan fingerprint density at radius 1 is 1.23 bits per heavy atom. The van der Waals surface area contributed by atoms with Crippen molar-refractivity contribution < 1.29 is 9.53 Å². The van der Waals surface area contributed by atoms with Crippen molar-refractivity contribution in [1.82, 2.24) is 9.80 Å². The molecule has 0 fully saturated rings. The summed E-state index contributed by atoms with van der Waals surface area (Å²) in [6, 6.07) is 0. The first kappa shape index (κ1) is 18.6. The van der Waals surface area contributed by atoms with E-state index in [9.17, 15) is 4.79 Å². The normalized spacial score (nSPS) is 15.2. The minimum absolute atomic E-state index is 0.0597. The molecule has 0 N–H and O–H groups in total. The van der Waals surface area contributed by atoms with Crippen LogP contribution >= 0.6 is 0 Å². The number of hydrogen-bond donors (Lipinski definition) is 0. The summed E-state index contributed by atoms with van der Waals surface area (Å²) in [5.41, 5.74) is 0. The zero-order valence-electron chi connectivity index (χ0n) is 14.3. The number of carbonyl (C=O) groups excluding carboxylic acids is 1. The summed E-state index contributed by atoms with van der Waals surface area (Å²) in [6.07, 6.45) is 15.0. The van der Waals surface area contributed by atoms with E-state index in [2.05, 4.69) is 42.8 Å². The van der Waals surface area contributed by atoms with Crippen LogP contribution in [0.3, 0.4) is 0 Å². The average molecular weight is 308 g/mol. The topological polar surface area (TPSA) is 32.8 Å². The number of nitrogens with zero attached hydrogens (tertiary/aromatic N) is 2. The van der Waals surface area contributed by atoms with Crippen molar-refractivity contribution >= 4 is 5.97 Å². The van der Waals surface area contributed by atoms with Gasteiger partial charge < -0.3 is 14.5 Å².